The summed E-state index contributed by atoms with van der Waals surface area (Å²) in [4.78, 5) is 0. The third-order valence-corrected chi connectivity index (χ3v) is 4.66. The molecule has 108 valence electrons. The Bertz CT molecular complexity index is 400. The summed E-state index contributed by atoms with van der Waals surface area (Å²) < 4.78 is 9.10. The molecule has 0 atom stereocenters. The number of rotatable bonds is 6. The SMILES string of the molecule is CCc1nn(CC)c(COCC2CCNCC2)c1Br. The molecule has 19 heavy (non-hydrogen) atoms. The Balaban J connectivity index is 1.89. The second kappa shape index (κ2) is 7.41. The van der Waals surface area contributed by atoms with Crippen LogP contribution in [-0.2, 0) is 24.3 Å². The van der Waals surface area contributed by atoms with Gasteiger partial charge in [0, 0.05) is 6.54 Å². The Morgan fingerprint density at radius 3 is 2.74 bits per heavy atom. The van der Waals surface area contributed by atoms with Gasteiger partial charge in [-0.3, -0.25) is 4.68 Å². The zero-order chi connectivity index (χ0) is 13.7. The van der Waals surface area contributed by atoms with Crippen LogP contribution < -0.4 is 5.32 Å². The van der Waals surface area contributed by atoms with Gasteiger partial charge in [0.25, 0.3) is 0 Å². The summed E-state index contributed by atoms with van der Waals surface area (Å²) >= 11 is 3.66. The number of ether oxygens (including phenoxy) is 1. The monoisotopic (exact) mass is 329 g/mol. The lowest BCUT2D eigenvalue weighted by atomic mass is 9.99. The second-order valence-electron chi connectivity index (χ2n) is 5.09. The molecule has 1 aliphatic heterocycles. The predicted octanol–water partition coefficient (Wildman–Crippen LogP) is 2.74. The van der Waals surface area contributed by atoms with Crippen LogP contribution in [0.5, 0.6) is 0 Å². The van der Waals surface area contributed by atoms with E-state index < -0.39 is 0 Å². The number of nitrogens with zero attached hydrogens (tertiary/aromatic N) is 2. The van der Waals surface area contributed by atoms with E-state index in [4.69, 9.17) is 4.74 Å². The first kappa shape index (κ1) is 15.0. The molecule has 2 rings (SSSR count). The van der Waals surface area contributed by atoms with Crippen LogP contribution in [0.4, 0.5) is 0 Å². The zero-order valence-corrected chi connectivity index (χ0v) is 13.5. The number of nitrogens with one attached hydrogen (secondary N) is 1. The first-order valence-electron chi connectivity index (χ1n) is 7.28. The van der Waals surface area contributed by atoms with Gasteiger partial charge < -0.3 is 10.1 Å². The maximum Gasteiger partial charge on any atom is 0.0896 e. The molecular weight excluding hydrogens is 306 g/mol. The molecule has 0 radical (unpaired) electrons. The average molecular weight is 330 g/mol. The first-order valence-corrected chi connectivity index (χ1v) is 8.08. The van der Waals surface area contributed by atoms with Crippen molar-refractivity contribution in [3.8, 4) is 0 Å². The van der Waals surface area contributed by atoms with Crippen molar-refractivity contribution in [2.24, 2.45) is 5.92 Å². The van der Waals surface area contributed by atoms with Crippen molar-refractivity contribution in [1.82, 2.24) is 15.1 Å². The average Bonchev–Trinajstić information content (AvgIpc) is 2.76. The molecule has 1 saturated heterocycles. The highest BCUT2D eigenvalue weighted by Gasteiger charge is 2.16. The Morgan fingerprint density at radius 2 is 2.11 bits per heavy atom. The largest absolute Gasteiger partial charge is 0.375 e. The summed E-state index contributed by atoms with van der Waals surface area (Å²) in [6, 6.07) is 0. The molecule has 0 aromatic carbocycles. The van der Waals surface area contributed by atoms with Gasteiger partial charge in [-0.05, 0) is 61.1 Å². The van der Waals surface area contributed by atoms with E-state index in [9.17, 15) is 0 Å². The lowest BCUT2D eigenvalue weighted by Gasteiger charge is -2.22. The second-order valence-corrected chi connectivity index (χ2v) is 5.88. The van der Waals surface area contributed by atoms with Gasteiger partial charge in [-0.1, -0.05) is 6.92 Å². The van der Waals surface area contributed by atoms with E-state index in [1.54, 1.807) is 0 Å². The minimum atomic E-state index is 0.658. The normalized spacial score (nSPS) is 17.0. The van der Waals surface area contributed by atoms with Crippen molar-refractivity contribution in [3.63, 3.8) is 0 Å². The third kappa shape index (κ3) is 3.80. The minimum absolute atomic E-state index is 0.658. The van der Waals surface area contributed by atoms with Crippen molar-refractivity contribution >= 4 is 15.9 Å². The van der Waals surface area contributed by atoms with Crippen LogP contribution in [0, 0.1) is 5.92 Å². The first-order chi connectivity index (χ1) is 9.26. The number of halogens is 1. The molecule has 0 spiro atoms. The fourth-order valence-corrected chi connectivity index (χ4v) is 3.20. The van der Waals surface area contributed by atoms with Crippen LogP contribution in [0.1, 0.15) is 38.1 Å². The highest BCUT2D eigenvalue weighted by atomic mass is 79.9. The molecule has 0 bridgehead atoms. The molecule has 5 heteroatoms. The maximum atomic E-state index is 5.92. The molecule has 0 amide bonds. The van der Waals surface area contributed by atoms with Crippen LogP contribution >= 0.6 is 15.9 Å². The van der Waals surface area contributed by atoms with E-state index >= 15 is 0 Å². The van der Waals surface area contributed by atoms with Crippen LogP contribution in [0.3, 0.4) is 0 Å². The quantitative estimate of drug-likeness (QED) is 0.872. The Hall–Kier alpha value is -0.390. The standard InChI is InChI=1S/C14H24BrN3O/c1-3-12-14(15)13(18(4-2)17-12)10-19-9-11-5-7-16-8-6-11/h11,16H,3-10H2,1-2H3. The van der Waals surface area contributed by atoms with Gasteiger partial charge in [-0.25, -0.2) is 0 Å². The van der Waals surface area contributed by atoms with E-state index in [1.807, 2.05) is 4.68 Å². The highest BCUT2D eigenvalue weighted by molar-refractivity contribution is 9.10. The fourth-order valence-electron chi connectivity index (χ4n) is 2.53. The van der Waals surface area contributed by atoms with Crippen LogP contribution in [0.25, 0.3) is 0 Å². The van der Waals surface area contributed by atoms with E-state index in [2.05, 4.69) is 40.2 Å². The van der Waals surface area contributed by atoms with Crippen molar-refractivity contribution in [2.45, 2.75) is 46.3 Å². The summed E-state index contributed by atoms with van der Waals surface area (Å²) in [7, 11) is 0. The molecule has 4 nitrogen and oxygen atoms in total. The molecule has 1 N–H and O–H groups in total. The fraction of sp³-hybridized carbons (Fsp3) is 0.786. The number of aromatic nitrogens is 2. The van der Waals surface area contributed by atoms with Crippen molar-refractivity contribution in [2.75, 3.05) is 19.7 Å². The molecule has 1 fully saturated rings. The Labute approximate surface area is 124 Å². The smallest absolute Gasteiger partial charge is 0.0896 e. The molecule has 0 aliphatic carbocycles. The van der Waals surface area contributed by atoms with Crippen LogP contribution in [-0.4, -0.2) is 29.5 Å². The highest BCUT2D eigenvalue weighted by Crippen LogP contribution is 2.23. The molecular formula is C14H24BrN3O. The van der Waals surface area contributed by atoms with E-state index in [-0.39, 0.29) is 0 Å². The van der Waals surface area contributed by atoms with Gasteiger partial charge in [0.15, 0.2) is 0 Å². The van der Waals surface area contributed by atoms with Gasteiger partial charge in [0.1, 0.15) is 0 Å². The van der Waals surface area contributed by atoms with Crippen molar-refractivity contribution in [3.05, 3.63) is 15.9 Å². The molecule has 1 aliphatic rings. The lowest BCUT2D eigenvalue weighted by molar-refractivity contribution is 0.0718. The molecule has 1 aromatic heterocycles. The topological polar surface area (TPSA) is 39.1 Å². The van der Waals surface area contributed by atoms with Gasteiger partial charge >= 0.3 is 0 Å². The summed E-state index contributed by atoms with van der Waals surface area (Å²) in [6.07, 6.45) is 3.41. The molecule has 1 aromatic rings. The molecule has 0 unspecified atom stereocenters. The Kier molecular flexibility index (Phi) is 5.85. The van der Waals surface area contributed by atoms with E-state index in [0.717, 1.165) is 42.8 Å². The number of aryl methyl sites for hydroxylation is 2. The summed E-state index contributed by atoms with van der Waals surface area (Å²) in [5.74, 6) is 0.712. The van der Waals surface area contributed by atoms with Gasteiger partial charge in [-0.15, -0.1) is 0 Å². The third-order valence-electron chi connectivity index (χ3n) is 3.75. The van der Waals surface area contributed by atoms with E-state index in [1.165, 1.54) is 18.5 Å². The summed E-state index contributed by atoms with van der Waals surface area (Å²) in [6.45, 7) is 8.93. The zero-order valence-electron chi connectivity index (χ0n) is 11.9. The minimum Gasteiger partial charge on any atom is -0.375 e. The Morgan fingerprint density at radius 1 is 1.37 bits per heavy atom. The molecule has 2 heterocycles. The lowest BCUT2D eigenvalue weighted by Crippen LogP contribution is -2.30. The predicted molar refractivity (Wildman–Crippen MR) is 80.2 cm³/mol. The maximum absolute atomic E-state index is 5.92. The van der Waals surface area contributed by atoms with E-state index in [0.29, 0.717) is 12.5 Å². The number of hydrogen-bond acceptors (Lipinski definition) is 3. The van der Waals surface area contributed by atoms with Gasteiger partial charge in [0.2, 0.25) is 0 Å². The van der Waals surface area contributed by atoms with Crippen LogP contribution in [0.2, 0.25) is 0 Å². The molecule has 0 saturated carbocycles. The van der Waals surface area contributed by atoms with Crippen LogP contribution in [0.15, 0.2) is 4.47 Å². The number of hydrogen-bond donors (Lipinski definition) is 1. The summed E-state index contributed by atoms with van der Waals surface area (Å²) in [5.41, 5.74) is 2.30. The number of piperidine rings is 1. The van der Waals surface area contributed by atoms with Gasteiger partial charge in [-0.2, -0.15) is 5.10 Å². The van der Waals surface area contributed by atoms with Crippen molar-refractivity contribution < 1.29 is 4.74 Å². The van der Waals surface area contributed by atoms with Gasteiger partial charge in [0.05, 0.1) is 29.1 Å². The summed E-state index contributed by atoms with van der Waals surface area (Å²) in [5, 5.41) is 7.98. The van der Waals surface area contributed by atoms with Crippen molar-refractivity contribution in [1.29, 1.82) is 0 Å².